The van der Waals surface area contributed by atoms with Gasteiger partial charge >= 0.3 is 0 Å². The van der Waals surface area contributed by atoms with Crippen molar-refractivity contribution in [2.75, 3.05) is 4.90 Å². The summed E-state index contributed by atoms with van der Waals surface area (Å²) in [5, 5.41) is 0. The molecule has 2 fully saturated rings. The molecule has 68 valence electrons. The number of fused-ring (bicyclic) bond motifs is 1. The molecule has 0 bridgehead atoms. The van der Waals surface area contributed by atoms with Gasteiger partial charge in [-0.1, -0.05) is 18.9 Å². The van der Waals surface area contributed by atoms with Gasteiger partial charge in [-0.25, -0.2) is 4.98 Å². The smallest absolute Gasteiger partial charge is 0.129 e. The Bertz CT molecular complexity index is 284. The maximum absolute atomic E-state index is 4.39. The molecule has 13 heavy (non-hydrogen) atoms. The molecule has 2 atom stereocenters. The van der Waals surface area contributed by atoms with Crippen molar-refractivity contribution in [1.82, 2.24) is 4.98 Å². The zero-order valence-corrected chi connectivity index (χ0v) is 7.69. The van der Waals surface area contributed by atoms with E-state index < -0.39 is 0 Å². The van der Waals surface area contributed by atoms with Gasteiger partial charge in [0.1, 0.15) is 5.82 Å². The van der Waals surface area contributed by atoms with Gasteiger partial charge in [0.15, 0.2) is 0 Å². The van der Waals surface area contributed by atoms with Crippen LogP contribution in [-0.4, -0.2) is 17.1 Å². The quantitative estimate of drug-likeness (QED) is 0.607. The summed E-state index contributed by atoms with van der Waals surface area (Å²) < 4.78 is 0. The van der Waals surface area contributed by atoms with Crippen molar-refractivity contribution >= 4 is 5.82 Å². The Balaban J connectivity index is 1.82. The van der Waals surface area contributed by atoms with E-state index in [9.17, 15) is 0 Å². The molecular formula is C11H14N2. The Morgan fingerprint density at radius 1 is 1.15 bits per heavy atom. The lowest BCUT2D eigenvalue weighted by Gasteiger charge is -2.01. The largest absolute Gasteiger partial charge is 0.347 e. The van der Waals surface area contributed by atoms with Gasteiger partial charge in [-0.2, -0.15) is 0 Å². The fourth-order valence-corrected chi connectivity index (χ4v) is 2.55. The third-order valence-corrected chi connectivity index (χ3v) is 3.23. The highest BCUT2D eigenvalue weighted by Gasteiger charge is 2.48. The first-order valence-electron chi connectivity index (χ1n) is 5.16. The Kier molecular flexibility index (Phi) is 1.54. The predicted octanol–water partition coefficient (Wildman–Crippen LogP) is 2.21. The van der Waals surface area contributed by atoms with Gasteiger partial charge in [0, 0.05) is 6.20 Å². The lowest BCUT2D eigenvalue weighted by atomic mass is 10.0. The lowest BCUT2D eigenvalue weighted by Crippen LogP contribution is -2.00. The van der Waals surface area contributed by atoms with Crippen LogP contribution in [0.25, 0.3) is 0 Å². The van der Waals surface area contributed by atoms with Crippen LogP contribution in [0.4, 0.5) is 5.82 Å². The van der Waals surface area contributed by atoms with Crippen molar-refractivity contribution in [2.24, 2.45) is 0 Å². The summed E-state index contributed by atoms with van der Waals surface area (Å²) in [6, 6.07) is 7.83. The van der Waals surface area contributed by atoms with Crippen LogP contribution in [0.5, 0.6) is 0 Å². The predicted molar refractivity (Wildman–Crippen MR) is 52.8 cm³/mol. The van der Waals surface area contributed by atoms with Crippen molar-refractivity contribution < 1.29 is 0 Å². The molecule has 1 aliphatic heterocycles. The maximum atomic E-state index is 4.39. The highest BCUT2D eigenvalue weighted by molar-refractivity contribution is 5.51. The molecule has 2 heterocycles. The molecule has 1 aliphatic carbocycles. The topological polar surface area (TPSA) is 15.9 Å². The van der Waals surface area contributed by atoms with E-state index in [1.807, 2.05) is 12.3 Å². The standard InChI is InChI=1S/C11H14N2/c1-2-6-10-9(5-1)13(10)11-7-3-4-8-12-11/h3-4,7-10H,1-2,5-6H2. The van der Waals surface area contributed by atoms with Crippen LogP contribution in [0.1, 0.15) is 25.7 Å². The minimum atomic E-state index is 0.823. The normalized spacial score (nSPS) is 31.2. The van der Waals surface area contributed by atoms with E-state index in [0.29, 0.717) is 0 Å². The van der Waals surface area contributed by atoms with Gasteiger partial charge < -0.3 is 4.90 Å². The van der Waals surface area contributed by atoms with Crippen LogP contribution in [0.2, 0.25) is 0 Å². The van der Waals surface area contributed by atoms with Gasteiger partial charge in [-0.15, -0.1) is 0 Å². The molecule has 3 rings (SSSR count). The molecule has 1 saturated carbocycles. The van der Waals surface area contributed by atoms with Crippen molar-refractivity contribution in [3.63, 3.8) is 0 Å². The first-order chi connectivity index (χ1) is 6.47. The zero-order valence-electron chi connectivity index (χ0n) is 7.69. The number of hydrogen-bond donors (Lipinski definition) is 0. The van der Waals surface area contributed by atoms with E-state index in [1.54, 1.807) is 0 Å². The van der Waals surface area contributed by atoms with Gasteiger partial charge in [-0.05, 0) is 25.0 Å². The van der Waals surface area contributed by atoms with Crippen LogP contribution in [0.3, 0.4) is 0 Å². The molecule has 1 aromatic rings. The van der Waals surface area contributed by atoms with Gasteiger partial charge in [0.25, 0.3) is 0 Å². The molecule has 2 heteroatoms. The molecule has 0 aromatic carbocycles. The van der Waals surface area contributed by atoms with E-state index in [-0.39, 0.29) is 0 Å². The van der Waals surface area contributed by atoms with Crippen LogP contribution in [-0.2, 0) is 0 Å². The highest BCUT2D eigenvalue weighted by Crippen LogP contribution is 2.42. The molecule has 1 saturated heterocycles. The van der Waals surface area contributed by atoms with Crippen LogP contribution >= 0.6 is 0 Å². The SMILES string of the molecule is c1ccc(N2C3CCCCC32)nc1. The molecule has 1 aromatic heterocycles. The molecule has 0 amide bonds. The minimum Gasteiger partial charge on any atom is -0.347 e. The number of pyridine rings is 1. The first-order valence-corrected chi connectivity index (χ1v) is 5.16. The van der Waals surface area contributed by atoms with Crippen molar-refractivity contribution in [1.29, 1.82) is 0 Å². The minimum absolute atomic E-state index is 0.823. The zero-order chi connectivity index (χ0) is 8.67. The average Bonchev–Trinajstić information content (AvgIpc) is 2.93. The monoisotopic (exact) mass is 174 g/mol. The maximum Gasteiger partial charge on any atom is 0.129 e. The summed E-state index contributed by atoms with van der Waals surface area (Å²) in [5.41, 5.74) is 0. The van der Waals surface area contributed by atoms with Crippen LogP contribution in [0.15, 0.2) is 24.4 Å². The number of rotatable bonds is 1. The molecule has 0 N–H and O–H groups in total. The second kappa shape index (κ2) is 2.72. The van der Waals surface area contributed by atoms with Crippen molar-refractivity contribution in [3.05, 3.63) is 24.4 Å². The summed E-state index contributed by atoms with van der Waals surface area (Å²) in [5.74, 6) is 1.18. The summed E-state index contributed by atoms with van der Waals surface area (Å²) in [6.45, 7) is 0. The number of nitrogens with zero attached hydrogens (tertiary/aromatic N) is 2. The van der Waals surface area contributed by atoms with Crippen molar-refractivity contribution in [3.8, 4) is 0 Å². The van der Waals surface area contributed by atoms with Gasteiger partial charge in [-0.3, -0.25) is 0 Å². The third kappa shape index (κ3) is 1.12. The summed E-state index contributed by atoms with van der Waals surface area (Å²) in [7, 11) is 0. The second-order valence-electron chi connectivity index (χ2n) is 4.01. The first kappa shape index (κ1) is 7.36. The van der Waals surface area contributed by atoms with E-state index in [0.717, 1.165) is 12.1 Å². The number of aromatic nitrogens is 1. The van der Waals surface area contributed by atoms with E-state index in [2.05, 4.69) is 22.0 Å². The number of hydrogen-bond acceptors (Lipinski definition) is 2. The summed E-state index contributed by atoms with van der Waals surface area (Å²) in [4.78, 5) is 6.87. The van der Waals surface area contributed by atoms with E-state index in [1.165, 1.54) is 31.5 Å². The lowest BCUT2D eigenvalue weighted by molar-refractivity contribution is 0.571. The molecule has 0 radical (unpaired) electrons. The van der Waals surface area contributed by atoms with Crippen LogP contribution in [0, 0.1) is 0 Å². The average molecular weight is 174 g/mol. The Labute approximate surface area is 78.6 Å². The summed E-state index contributed by atoms with van der Waals surface area (Å²) >= 11 is 0. The van der Waals surface area contributed by atoms with Gasteiger partial charge in [0.05, 0.1) is 12.1 Å². The fraction of sp³-hybridized carbons (Fsp3) is 0.545. The molecule has 2 unspecified atom stereocenters. The third-order valence-electron chi connectivity index (χ3n) is 3.23. The Morgan fingerprint density at radius 3 is 2.54 bits per heavy atom. The molecule has 2 aliphatic rings. The molecule has 2 nitrogen and oxygen atoms in total. The number of anilines is 1. The molecular weight excluding hydrogens is 160 g/mol. The summed E-state index contributed by atoms with van der Waals surface area (Å²) in [6.07, 6.45) is 7.46. The van der Waals surface area contributed by atoms with E-state index in [4.69, 9.17) is 0 Å². The highest BCUT2D eigenvalue weighted by atomic mass is 15.4. The van der Waals surface area contributed by atoms with Crippen LogP contribution < -0.4 is 4.90 Å². The Morgan fingerprint density at radius 2 is 1.92 bits per heavy atom. The Hall–Kier alpha value is -1.05. The van der Waals surface area contributed by atoms with Crippen molar-refractivity contribution in [2.45, 2.75) is 37.8 Å². The second-order valence-corrected chi connectivity index (χ2v) is 4.01. The fourth-order valence-electron chi connectivity index (χ4n) is 2.55. The van der Waals surface area contributed by atoms with Gasteiger partial charge in [0.2, 0.25) is 0 Å². The molecule has 0 spiro atoms. The van der Waals surface area contributed by atoms with E-state index >= 15 is 0 Å².